The van der Waals surface area contributed by atoms with Crippen molar-refractivity contribution in [1.82, 2.24) is 9.97 Å². The summed E-state index contributed by atoms with van der Waals surface area (Å²) in [5, 5.41) is 3.80. The lowest BCUT2D eigenvalue weighted by molar-refractivity contribution is 0.405. The van der Waals surface area contributed by atoms with E-state index in [9.17, 15) is 0 Å². The Bertz CT molecular complexity index is 1030. The van der Waals surface area contributed by atoms with Crippen molar-refractivity contribution in [2.45, 2.75) is 13.3 Å². The van der Waals surface area contributed by atoms with Crippen LogP contribution in [0.4, 0.5) is 23.0 Å². The monoisotopic (exact) mass is 396 g/mol. The first kappa shape index (κ1) is 18.4. The Kier molecular flexibility index (Phi) is 4.96. The second-order valence-electron chi connectivity index (χ2n) is 6.50. The molecule has 4 rings (SSSR count). The summed E-state index contributed by atoms with van der Waals surface area (Å²) in [5.41, 5.74) is 3.24. The van der Waals surface area contributed by atoms with Crippen molar-refractivity contribution >= 4 is 34.6 Å². The van der Waals surface area contributed by atoms with Crippen molar-refractivity contribution in [2.24, 2.45) is 0 Å². The first-order valence-electron chi connectivity index (χ1n) is 8.98. The van der Waals surface area contributed by atoms with E-state index in [2.05, 4.69) is 44.5 Å². The largest absolute Gasteiger partial charge is 0.495 e. The Morgan fingerprint density at radius 2 is 1.82 bits per heavy atom. The van der Waals surface area contributed by atoms with Gasteiger partial charge in [0.2, 0.25) is 0 Å². The second-order valence-corrected chi connectivity index (χ2v) is 6.91. The van der Waals surface area contributed by atoms with Crippen LogP contribution >= 0.6 is 11.6 Å². The smallest absolute Gasteiger partial charge is 0.144 e. The Balaban J connectivity index is 1.70. The van der Waals surface area contributed by atoms with Crippen molar-refractivity contribution in [3.63, 3.8) is 0 Å². The number of benzene rings is 2. The first-order valence-corrected chi connectivity index (χ1v) is 9.36. The van der Waals surface area contributed by atoms with Crippen LogP contribution in [0.3, 0.4) is 0 Å². The average Bonchev–Trinajstić information content (AvgIpc) is 3.12. The third-order valence-corrected chi connectivity index (χ3v) is 5.02. The Labute approximate surface area is 169 Å². The van der Waals surface area contributed by atoms with Gasteiger partial charge in [-0.2, -0.15) is 0 Å². The van der Waals surface area contributed by atoms with Gasteiger partial charge in [0, 0.05) is 30.4 Å². The van der Waals surface area contributed by atoms with E-state index in [1.807, 2.05) is 13.0 Å². The molecular weight excluding hydrogens is 376 g/mol. The topological polar surface area (TPSA) is 59.5 Å². The summed E-state index contributed by atoms with van der Waals surface area (Å²) in [7, 11) is 3.18. The number of fused-ring (bicyclic) bond motifs is 1. The fourth-order valence-corrected chi connectivity index (χ4v) is 3.66. The molecule has 0 saturated heterocycles. The molecule has 0 bridgehead atoms. The van der Waals surface area contributed by atoms with Gasteiger partial charge in [-0.05, 0) is 25.0 Å². The molecule has 3 aromatic rings. The van der Waals surface area contributed by atoms with Crippen LogP contribution in [0.2, 0.25) is 5.02 Å². The molecule has 0 unspecified atom stereocenters. The molecule has 1 aliphatic heterocycles. The number of aryl methyl sites for hydroxylation is 1. The molecule has 1 aromatic heterocycles. The number of halogens is 1. The molecule has 0 atom stereocenters. The minimum atomic E-state index is 0.484. The van der Waals surface area contributed by atoms with Crippen molar-refractivity contribution < 1.29 is 9.47 Å². The standard InChI is InChI=1S/C21H21ClN4O2/c1-13-23-20(25-16-11-18(27-2)15(22)10-19(16)28-3)12-21(24-13)26-9-8-14-6-4-5-7-17(14)26/h4-7,10-12H,8-9H2,1-3H3,(H,23,24,25). The van der Waals surface area contributed by atoms with E-state index in [0.29, 0.717) is 28.2 Å². The van der Waals surface area contributed by atoms with Crippen LogP contribution in [-0.4, -0.2) is 30.7 Å². The van der Waals surface area contributed by atoms with Gasteiger partial charge < -0.3 is 19.7 Å². The molecule has 7 heteroatoms. The highest BCUT2D eigenvalue weighted by molar-refractivity contribution is 6.32. The van der Waals surface area contributed by atoms with Crippen LogP contribution in [0.15, 0.2) is 42.5 Å². The lowest BCUT2D eigenvalue weighted by atomic mass is 10.2. The minimum Gasteiger partial charge on any atom is -0.495 e. The van der Waals surface area contributed by atoms with Gasteiger partial charge in [0.15, 0.2) is 0 Å². The maximum absolute atomic E-state index is 6.20. The van der Waals surface area contributed by atoms with E-state index < -0.39 is 0 Å². The predicted octanol–water partition coefficient (Wildman–Crippen LogP) is 4.89. The SMILES string of the molecule is COc1cc(Nc2cc(N3CCc4ccccc43)nc(C)n2)c(OC)cc1Cl. The first-order chi connectivity index (χ1) is 13.6. The van der Waals surface area contributed by atoms with Crippen LogP contribution < -0.4 is 19.7 Å². The molecule has 1 aliphatic rings. The van der Waals surface area contributed by atoms with Gasteiger partial charge in [-0.3, -0.25) is 0 Å². The molecule has 0 spiro atoms. The molecule has 1 N–H and O–H groups in total. The number of hydrogen-bond acceptors (Lipinski definition) is 6. The molecule has 0 fully saturated rings. The number of nitrogens with zero attached hydrogens (tertiary/aromatic N) is 3. The number of rotatable bonds is 5. The van der Waals surface area contributed by atoms with Gasteiger partial charge in [-0.1, -0.05) is 29.8 Å². The van der Waals surface area contributed by atoms with Crippen molar-refractivity contribution in [1.29, 1.82) is 0 Å². The molecule has 2 aromatic carbocycles. The van der Waals surface area contributed by atoms with E-state index >= 15 is 0 Å². The second kappa shape index (κ2) is 7.56. The van der Waals surface area contributed by atoms with Crippen molar-refractivity contribution in [3.8, 4) is 11.5 Å². The number of para-hydroxylation sites is 1. The van der Waals surface area contributed by atoms with E-state index in [1.165, 1.54) is 11.3 Å². The van der Waals surface area contributed by atoms with E-state index in [4.69, 9.17) is 21.1 Å². The van der Waals surface area contributed by atoms with Gasteiger partial charge in [0.1, 0.15) is 29.0 Å². The molecule has 0 aliphatic carbocycles. The van der Waals surface area contributed by atoms with Gasteiger partial charge in [-0.25, -0.2) is 9.97 Å². The minimum absolute atomic E-state index is 0.484. The number of hydrogen-bond donors (Lipinski definition) is 1. The zero-order chi connectivity index (χ0) is 19.7. The molecule has 144 valence electrons. The molecule has 6 nitrogen and oxygen atoms in total. The van der Waals surface area contributed by atoms with Gasteiger partial charge in [-0.15, -0.1) is 0 Å². The molecule has 0 radical (unpaired) electrons. The summed E-state index contributed by atoms with van der Waals surface area (Å²) in [5.74, 6) is 3.39. The van der Waals surface area contributed by atoms with Gasteiger partial charge >= 0.3 is 0 Å². The summed E-state index contributed by atoms with van der Waals surface area (Å²) in [6.07, 6.45) is 1.00. The van der Waals surface area contributed by atoms with E-state index in [-0.39, 0.29) is 0 Å². The summed E-state index contributed by atoms with van der Waals surface area (Å²) >= 11 is 6.20. The maximum Gasteiger partial charge on any atom is 0.144 e. The van der Waals surface area contributed by atoms with Crippen LogP contribution in [0.25, 0.3) is 0 Å². The van der Waals surface area contributed by atoms with Crippen molar-refractivity contribution in [3.05, 3.63) is 58.9 Å². The van der Waals surface area contributed by atoms with Crippen LogP contribution in [0.5, 0.6) is 11.5 Å². The molecule has 0 amide bonds. The normalized spacial score (nSPS) is 12.6. The highest BCUT2D eigenvalue weighted by Gasteiger charge is 2.22. The number of ether oxygens (including phenoxy) is 2. The summed E-state index contributed by atoms with van der Waals surface area (Å²) in [6.45, 7) is 2.78. The average molecular weight is 397 g/mol. The number of nitrogens with one attached hydrogen (secondary N) is 1. The number of methoxy groups -OCH3 is 2. The molecule has 0 saturated carbocycles. The summed E-state index contributed by atoms with van der Waals surface area (Å²) in [6, 6.07) is 13.9. The Morgan fingerprint density at radius 1 is 1.04 bits per heavy atom. The lowest BCUT2D eigenvalue weighted by Crippen LogP contribution is -2.16. The zero-order valence-corrected chi connectivity index (χ0v) is 16.7. The number of anilines is 4. The van der Waals surface area contributed by atoms with E-state index in [1.54, 1.807) is 26.4 Å². The molecule has 2 heterocycles. The van der Waals surface area contributed by atoms with Crippen molar-refractivity contribution in [2.75, 3.05) is 31.0 Å². The third-order valence-electron chi connectivity index (χ3n) is 4.72. The quantitative estimate of drug-likeness (QED) is 0.662. The van der Waals surface area contributed by atoms with Gasteiger partial charge in [0.25, 0.3) is 0 Å². The summed E-state index contributed by atoms with van der Waals surface area (Å²) < 4.78 is 10.8. The van der Waals surface area contributed by atoms with Crippen LogP contribution in [0, 0.1) is 6.92 Å². The highest BCUT2D eigenvalue weighted by atomic mass is 35.5. The van der Waals surface area contributed by atoms with E-state index in [0.717, 1.165) is 24.5 Å². The molecular formula is C21H21ClN4O2. The van der Waals surface area contributed by atoms with Crippen LogP contribution in [0.1, 0.15) is 11.4 Å². The van der Waals surface area contributed by atoms with Gasteiger partial charge in [0.05, 0.1) is 24.9 Å². The highest BCUT2D eigenvalue weighted by Crippen LogP contribution is 2.38. The zero-order valence-electron chi connectivity index (χ0n) is 16.0. The fraction of sp³-hybridized carbons (Fsp3) is 0.238. The predicted molar refractivity (Wildman–Crippen MR) is 112 cm³/mol. The third kappa shape index (κ3) is 3.43. The molecule has 28 heavy (non-hydrogen) atoms. The maximum atomic E-state index is 6.20. The Morgan fingerprint density at radius 3 is 2.61 bits per heavy atom. The summed E-state index contributed by atoms with van der Waals surface area (Å²) in [4.78, 5) is 11.4. The number of aromatic nitrogens is 2. The lowest BCUT2D eigenvalue weighted by Gasteiger charge is -2.20. The Hall–Kier alpha value is -2.99. The fourth-order valence-electron chi connectivity index (χ4n) is 3.43. The van der Waals surface area contributed by atoms with Crippen LogP contribution in [-0.2, 0) is 6.42 Å².